The number of aryl methyl sites for hydroxylation is 1. The molecule has 0 bridgehead atoms. The molecule has 94 valence electrons. The average Bonchev–Trinajstić information content (AvgIpc) is 2.37. The van der Waals surface area contributed by atoms with Crippen LogP contribution in [0.1, 0.15) is 29.7 Å². The zero-order valence-electron chi connectivity index (χ0n) is 10.8. The second-order valence-electron chi connectivity index (χ2n) is 4.64. The molecule has 0 aromatic heterocycles. The number of rotatable bonds is 4. The van der Waals surface area contributed by atoms with E-state index >= 15 is 0 Å². The van der Waals surface area contributed by atoms with Gasteiger partial charge in [0.05, 0.1) is 0 Å². The minimum Gasteiger partial charge on any atom is -0.306 e. The molecule has 0 aliphatic heterocycles. The molecule has 2 aromatic carbocycles. The molecule has 1 nitrogen and oxygen atoms in total. The summed E-state index contributed by atoms with van der Waals surface area (Å²) in [7, 11) is 0. The minimum atomic E-state index is 0.322. The Kier molecular flexibility index (Phi) is 4.40. The number of benzene rings is 2. The van der Waals surface area contributed by atoms with E-state index in [1.54, 1.807) is 0 Å². The lowest BCUT2D eigenvalue weighted by Crippen LogP contribution is -2.18. The lowest BCUT2D eigenvalue weighted by molar-refractivity contribution is 0.574. The van der Waals surface area contributed by atoms with Gasteiger partial charge in [-0.3, -0.25) is 0 Å². The predicted octanol–water partition coefficient (Wildman–Crippen LogP) is 4.50. The first-order valence-corrected chi connectivity index (χ1v) is 6.57. The van der Waals surface area contributed by atoms with Crippen LogP contribution in [0.25, 0.3) is 0 Å². The quantitative estimate of drug-likeness (QED) is 0.853. The fourth-order valence-corrected chi connectivity index (χ4v) is 2.09. The Morgan fingerprint density at radius 3 is 2.50 bits per heavy atom. The summed E-state index contributed by atoms with van der Waals surface area (Å²) in [4.78, 5) is 0. The fourth-order valence-electron chi connectivity index (χ4n) is 1.96. The number of halogens is 1. The van der Waals surface area contributed by atoms with Crippen LogP contribution in [0.15, 0.2) is 48.5 Å². The summed E-state index contributed by atoms with van der Waals surface area (Å²) in [6, 6.07) is 16.9. The lowest BCUT2D eigenvalue weighted by atomic mass is 10.1. The maximum absolute atomic E-state index is 5.89. The van der Waals surface area contributed by atoms with Crippen LogP contribution in [-0.2, 0) is 6.54 Å². The molecule has 0 saturated carbocycles. The minimum absolute atomic E-state index is 0.322. The van der Waals surface area contributed by atoms with Crippen molar-refractivity contribution in [3.05, 3.63) is 70.2 Å². The van der Waals surface area contributed by atoms with Crippen molar-refractivity contribution in [3.8, 4) is 0 Å². The van der Waals surface area contributed by atoms with Crippen LogP contribution >= 0.6 is 11.6 Å². The van der Waals surface area contributed by atoms with Crippen molar-refractivity contribution in [2.24, 2.45) is 0 Å². The first kappa shape index (κ1) is 13.1. The smallest absolute Gasteiger partial charge is 0.0406 e. The molecule has 0 amide bonds. The molecule has 2 heteroatoms. The van der Waals surface area contributed by atoms with Gasteiger partial charge in [-0.2, -0.15) is 0 Å². The Bertz CT molecular complexity index is 505. The lowest BCUT2D eigenvalue weighted by Gasteiger charge is -2.14. The van der Waals surface area contributed by atoms with E-state index in [4.69, 9.17) is 11.6 Å². The largest absolute Gasteiger partial charge is 0.306 e. The van der Waals surface area contributed by atoms with E-state index in [0.29, 0.717) is 6.04 Å². The highest BCUT2D eigenvalue weighted by molar-refractivity contribution is 6.30. The van der Waals surface area contributed by atoms with Gasteiger partial charge in [-0.05, 0) is 37.1 Å². The van der Waals surface area contributed by atoms with Crippen LogP contribution < -0.4 is 5.32 Å². The number of nitrogens with one attached hydrogen (secondary N) is 1. The molecule has 0 unspecified atom stereocenters. The van der Waals surface area contributed by atoms with Crippen molar-refractivity contribution in [1.82, 2.24) is 5.32 Å². The molecule has 1 N–H and O–H groups in total. The molecule has 0 saturated heterocycles. The van der Waals surface area contributed by atoms with Gasteiger partial charge in [0.15, 0.2) is 0 Å². The first-order chi connectivity index (χ1) is 8.65. The molecule has 2 rings (SSSR count). The third-order valence-electron chi connectivity index (χ3n) is 3.06. The summed E-state index contributed by atoms with van der Waals surface area (Å²) in [6.07, 6.45) is 0. The van der Waals surface area contributed by atoms with Crippen molar-refractivity contribution in [2.75, 3.05) is 0 Å². The monoisotopic (exact) mass is 259 g/mol. The Morgan fingerprint density at radius 1 is 1.11 bits per heavy atom. The normalized spacial score (nSPS) is 12.4. The Balaban J connectivity index is 1.96. The number of hydrogen-bond donors (Lipinski definition) is 1. The maximum atomic E-state index is 5.89. The molecular weight excluding hydrogens is 242 g/mol. The average molecular weight is 260 g/mol. The van der Waals surface area contributed by atoms with Gasteiger partial charge < -0.3 is 5.32 Å². The summed E-state index contributed by atoms with van der Waals surface area (Å²) < 4.78 is 0. The van der Waals surface area contributed by atoms with E-state index in [0.717, 1.165) is 11.6 Å². The molecule has 0 aliphatic rings. The molecule has 0 spiro atoms. The van der Waals surface area contributed by atoms with Crippen LogP contribution in [-0.4, -0.2) is 0 Å². The standard InChI is InChI=1S/C16H18ClN/c1-12-4-3-5-14(10-12)11-18-13(2)15-6-8-16(17)9-7-15/h3-10,13,18H,11H2,1-2H3/t13-/m0/s1. The van der Waals surface area contributed by atoms with Crippen LogP contribution in [0, 0.1) is 6.92 Å². The van der Waals surface area contributed by atoms with Crippen molar-refractivity contribution in [2.45, 2.75) is 26.4 Å². The van der Waals surface area contributed by atoms with Crippen molar-refractivity contribution >= 4 is 11.6 Å². The van der Waals surface area contributed by atoms with Crippen LogP contribution in [0.3, 0.4) is 0 Å². The third-order valence-corrected chi connectivity index (χ3v) is 3.32. The first-order valence-electron chi connectivity index (χ1n) is 6.19. The van der Waals surface area contributed by atoms with Crippen molar-refractivity contribution < 1.29 is 0 Å². The Labute approximate surface area is 114 Å². The third kappa shape index (κ3) is 3.59. The van der Waals surface area contributed by atoms with Crippen LogP contribution in [0.4, 0.5) is 0 Å². The van der Waals surface area contributed by atoms with Crippen molar-refractivity contribution in [3.63, 3.8) is 0 Å². The van der Waals surface area contributed by atoms with Gasteiger partial charge in [-0.15, -0.1) is 0 Å². The van der Waals surface area contributed by atoms with Crippen LogP contribution in [0.2, 0.25) is 5.02 Å². The van der Waals surface area contributed by atoms with Gasteiger partial charge in [0.2, 0.25) is 0 Å². The molecule has 0 fully saturated rings. The highest BCUT2D eigenvalue weighted by Gasteiger charge is 2.04. The summed E-state index contributed by atoms with van der Waals surface area (Å²) in [6.45, 7) is 5.16. The molecule has 0 aliphatic carbocycles. The molecule has 0 heterocycles. The summed E-state index contributed by atoms with van der Waals surface area (Å²) in [5.74, 6) is 0. The van der Waals surface area contributed by atoms with E-state index in [9.17, 15) is 0 Å². The topological polar surface area (TPSA) is 12.0 Å². The molecular formula is C16H18ClN. The number of hydrogen-bond acceptors (Lipinski definition) is 1. The van der Waals surface area contributed by atoms with E-state index in [2.05, 4.69) is 55.6 Å². The fraction of sp³-hybridized carbons (Fsp3) is 0.250. The van der Waals surface area contributed by atoms with Gasteiger partial charge in [-0.1, -0.05) is 53.6 Å². The summed E-state index contributed by atoms with van der Waals surface area (Å²) in [5, 5.41) is 4.30. The van der Waals surface area contributed by atoms with Crippen LogP contribution in [0.5, 0.6) is 0 Å². The zero-order valence-corrected chi connectivity index (χ0v) is 11.5. The second-order valence-corrected chi connectivity index (χ2v) is 5.08. The highest BCUT2D eigenvalue weighted by atomic mass is 35.5. The van der Waals surface area contributed by atoms with Gasteiger partial charge in [0, 0.05) is 17.6 Å². The molecule has 1 atom stereocenters. The Morgan fingerprint density at radius 2 is 1.83 bits per heavy atom. The van der Waals surface area contributed by atoms with E-state index in [-0.39, 0.29) is 0 Å². The van der Waals surface area contributed by atoms with Gasteiger partial charge in [0.1, 0.15) is 0 Å². The van der Waals surface area contributed by atoms with Gasteiger partial charge in [0.25, 0.3) is 0 Å². The Hall–Kier alpha value is -1.31. The molecule has 2 aromatic rings. The second kappa shape index (κ2) is 6.03. The van der Waals surface area contributed by atoms with E-state index < -0.39 is 0 Å². The predicted molar refractivity (Wildman–Crippen MR) is 77.9 cm³/mol. The van der Waals surface area contributed by atoms with Gasteiger partial charge in [-0.25, -0.2) is 0 Å². The highest BCUT2D eigenvalue weighted by Crippen LogP contribution is 2.16. The van der Waals surface area contributed by atoms with E-state index in [1.165, 1.54) is 16.7 Å². The molecule has 18 heavy (non-hydrogen) atoms. The summed E-state index contributed by atoms with van der Waals surface area (Å²) in [5.41, 5.74) is 3.87. The molecule has 0 radical (unpaired) electrons. The summed E-state index contributed by atoms with van der Waals surface area (Å²) >= 11 is 5.89. The van der Waals surface area contributed by atoms with Gasteiger partial charge >= 0.3 is 0 Å². The van der Waals surface area contributed by atoms with Crippen molar-refractivity contribution in [1.29, 1.82) is 0 Å². The van der Waals surface area contributed by atoms with E-state index in [1.807, 2.05) is 12.1 Å². The maximum Gasteiger partial charge on any atom is 0.0406 e. The SMILES string of the molecule is Cc1cccc(CN[C@@H](C)c2ccc(Cl)cc2)c1. The zero-order chi connectivity index (χ0) is 13.0.